The number of carbonyl (C=O) groups is 6. The maximum Gasteiger partial charge on any atom is 0.342 e. The number of allylic oxidation sites excluding steroid dienone is 3. The van der Waals surface area contributed by atoms with Crippen molar-refractivity contribution in [3.8, 4) is 0 Å². The highest BCUT2D eigenvalue weighted by Gasteiger charge is 2.35. The SMILES string of the molecule is O=C1C=CC(=O)OC(n2c(=O)n(C3CC(=O)C=CC(=O)O3)c(=O)n(C3CC(=O)C=CC(=O)O3)c2=O)C1. The summed E-state index contributed by atoms with van der Waals surface area (Å²) in [5.74, 6) is -5.45. The number of rotatable bonds is 3. The summed E-state index contributed by atoms with van der Waals surface area (Å²) >= 11 is 0. The van der Waals surface area contributed by atoms with Gasteiger partial charge in [-0.05, 0) is 18.2 Å². The van der Waals surface area contributed by atoms with Gasteiger partial charge in [0.05, 0.1) is 19.3 Å². The summed E-state index contributed by atoms with van der Waals surface area (Å²) in [6.07, 6.45) is -2.87. The summed E-state index contributed by atoms with van der Waals surface area (Å²) in [4.78, 5) is 112. The van der Waals surface area contributed by atoms with Gasteiger partial charge in [-0.1, -0.05) is 0 Å². The summed E-state index contributed by atoms with van der Waals surface area (Å²) in [6, 6.07) is 0. The van der Waals surface area contributed by atoms with Gasteiger partial charge in [0, 0.05) is 18.2 Å². The van der Waals surface area contributed by atoms with Gasteiger partial charge >= 0.3 is 35.0 Å². The third kappa shape index (κ3) is 4.66. The highest BCUT2D eigenvalue weighted by atomic mass is 16.6. The molecule has 3 aliphatic heterocycles. The first-order valence-electron chi connectivity index (χ1n) is 10.3. The maximum absolute atomic E-state index is 13.4. The predicted octanol–water partition coefficient (Wildman–Crippen LogP) is -2.12. The molecule has 0 saturated heterocycles. The van der Waals surface area contributed by atoms with Crippen LogP contribution in [0, 0.1) is 0 Å². The Kier molecular flexibility index (Phi) is 6.29. The molecular weight excluding hydrogens is 486 g/mol. The molecule has 3 atom stereocenters. The van der Waals surface area contributed by atoms with Crippen molar-refractivity contribution in [3.63, 3.8) is 0 Å². The average Bonchev–Trinajstić information content (AvgIpc) is 3.14. The lowest BCUT2D eigenvalue weighted by Crippen LogP contribution is -2.58. The van der Waals surface area contributed by atoms with Crippen LogP contribution in [-0.4, -0.2) is 49.0 Å². The lowest BCUT2D eigenvalue weighted by atomic mass is 10.2. The third-order valence-electron chi connectivity index (χ3n) is 5.20. The van der Waals surface area contributed by atoms with E-state index in [-0.39, 0.29) is 13.7 Å². The van der Waals surface area contributed by atoms with Gasteiger partial charge in [0.2, 0.25) is 0 Å². The predicted molar refractivity (Wildman–Crippen MR) is 111 cm³/mol. The molecule has 186 valence electrons. The van der Waals surface area contributed by atoms with Gasteiger partial charge in [-0.25, -0.2) is 42.5 Å². The standard InChI is InChI=1S/C21H15N3O12/c25-10-1-4-16(28)34-13(7-10)22-19(31)23(14-8-11(26)2-5-17(29)35-14)21(33)24(20(22)32)15-9-12(27)3-6-18(30)36-15/h1-6,13-15H,7-9H2. The minimum absolute atomic E-state index is 0.206. The van der Waals surface area contributed by atoms with Crippen LogP contribution in [0.1, 0.15) is 37.9 Å². The molecule has 0 saturated carbocycles. The van der Waals surface area contributed by atoms with Gasteiger partial charge < -0.3 is 14.2 Å². The van der Waals surface area contributed by atoms with Gasteiger partial charge in [0.25, 0.3) is 0 Å². The first kappa shape index (κ1) is 24.2. The van der Waals surface area contributed by atoms with Crippen molar-refractivity contribution in [2.24, 2.45) is 0 Å². The lowest BCUT2D eigenvalue weighted by molar-refractivity contribution is -0.150. The first-order chi connectivity index (χ1) is 17.0. The summed E-state index contributed by atoms with van der Waals surface area (Å²) in [5.41, 5.74) is -4.48. The molecular formula is C21H15N3O12. The van der Waals surface area contributed by atoms with E-state index in [4.69, 9.17) is 14.2 Å². The fraction of sp³-hybridized carbons (Fsp3) is 0.286. The number of ether oxygens (including phenoxy) is 3. The van der Waals surface area contributed by atoms with E-state index in [0.717, 1.165) is 36.5 Å². The Morgan fingerprint density at radius 1 is 0.444 bits per heavy atom. The zero-order valence-corrected chi connectivity index (χ0v) is 18.1. The molecule has 36 heavy (non-hydrogen) atoms. The van der Waals surface area contributed by atoms with E-state index in [1.807, 2.05) is 0 Å². The summed E-state index contributed by atoms with van der Waals surface area (Å²) in [6.45, 7) is 0. The Hall–Kier alpha value is -4.95. The van der Waals surface area contributed by atoms with E-state index in [2.05, 4.69) is 0 Å². The van der Waals surface area contributed by atoms with Crippen LogP contribution in [0.3, 0.4) is 0 Å². The van der Waals surface area contributed by atoms with Crippen molar-refractivity contribution < 1.29 is 43.0 Å². The number of hydrogen-bond acceptors (Lipinski definition) is 12. The Bertz CT molecular complexity index is 1220. The monoisotopic (exact) mass is 501 g/mol. The molecule has 15 nitrogen and oxygen atoms in total. The molecule has 0 spiro atoms. The topological polar surface area (TPSA) is 196 Å². The van der Waals surface area contributed by atoms with E-state index in [0.29, 0.717) is 0 Å². The zero-order chi connectivity index (χ0) is 26.1. The first-order valence-corrected chi connectivity index (χ1v) is 10.3. The fourth-order valence-electron chi connectivity index (χ4n) is 3.61. The van der Waals surface area contributed by atoms with Crippen molar-refractivity contribution >= 4 is 35.3 Å². The highest BCUT2D eigenvalue weighted by Crippen LogP contribution is 2.19. The van der Waals surface area contributed by atoms with Crippen LogP contribution in [-0.2, 0) is 43.0 Å². The molecule has 0 radical (unpaired) electrons. The van der Waals surface area contributed by atoms with Crippen LogP contribution >= 0.6 is 0 Å². The molecule has 0 N–H and O–H groups in total. The highest BCUT2D eigenvalue weighted by molar-refractivity contribution is 5.98. The molecule has 0 aromatic carbocycles. The summed E-state index contributed by atoms with van der Waals surface area (Å²) in [7, 11) is 0. The van der Waals surface area contributed by atoms with Crippen LogP contribution in [0.15, 0.2) is 50.8 Å². The second-order valence-electron chi connectivity index (χ2n) is 7.64. The number of aromatic nitrogens is 3. The second-order valence-corrected chi connectivity index (χ2v) is 7.64. The molecule has 4 heterocycles. The molecule has 1 aromatic heterocycles. The number of nitrogens with zero attached hydrogens (tertiary/aromatic N) is 3. The molecule has 4 rings (SSSR count). The van der Waals surface area contributed by atoms with Gasteiger partial charge in [0.1, 0.15) is 0 Å². The molecule has 3 aliphatic rings. The normalized spacial score (nSPS) is 24.5. The number of ketones is 3. The van der Waals surface area contributed by atoms with Gasteiger partial charge in [-0.15, -0.1) is 0 Å². The number of esters is 3. The van der Waals surface area contributed by atoms with Crippen LogP contribution in [0.5, 0.6) is 0 Å². The van der Waals surface area contributed by atoms with Crippen molar-refractivity contribution in [1.29, 1.82) is 0 Å². The fourth-order valence-corrected chi connectivity index (χ4v) is 3.61. The Morgan fingerprint density at radius 2 is 0.694 bits per heavy atom. The van der Waals surface area contributed by atoms with E-state index in [1.54, 1.807) is 0 Å². The molecule has 15 heteroatoms. The largest absolute Gasteiger partial charge is 0.437 e. The maximum atomic E-state index is 13.4. The van der Waals surface area contributed by atoms with Gasteiger partial charge in [-0.2, -0.15) is 0 Å². The van der Waals surface area contributed by atoms with E-state index >= 15 is 0 Å². The number of carbonyl (C=O) groups excluding carboxylic acids is 6. The molecule has 0 bridgehead atoms. The molecule has 0 fully saturated rings. The molecule has 0 amide bonds. The Morgan fingerprint density at radius 3 is 0.944 bits per heavy atom. The Labute approximate surface area is 198 Å². The van der Waals surface area contributed by atoms with Crippen molar-refractivity contribution in [2.45, 2.75) is 37.9 Å². The smallest absolute Gasteiger partial charge is 0.342 e. The summed E-state index contributed by atoms with van der Waals surface area (Å²) in [5, 5.41) is 0. The quantitative estimate of drug-likeness (QED) is 0.323. The van der Waals surface area contributed by atoms with Gasteiger partial charge in [0.15, 0.2) is 36.0 Å². The lowest BCUT2D eigenvalue weighted by Gasteiger charge is -2.25. The Balaban J connectivity index is 1.98. The van der Waals surface area contributed by atoms with Crippen LogP contribution in [0.25, 0.3) is 0 Å². The van der Waals surface area contributed by atoms with Crippen LogP contribution in [0.2, 0.25) is 0 Å². The average molecular weight is 501 g/mol. The third-order valence-corrected chi connectivity index (χ3v) is 5.20. The van der Waals surface area contributed by atoms with Crippen molar-refractivity contribution in [2.75, 3.05) is 0 Å². The molecule has 1 aromatic rings. The number of hydrogen-bond donors (Lipinski definition) is 0. The number of cyclic esters (lactones) is 3. The zero-order valence-electron chi connectivity index (χ0n) is 18.1. The van der Waals surface area contributed by atoms with E-state index in [9.17, 15) is 43.2 Å². The van der Waals surface area contributed by atoms with Gasteiger partial charge in [-0.3, -0.25) is 14.4 Å². The minimum atomic E-state index is -1.87. The second kappa shape index (κ2) is 9.36. The van der Waals surface area contributed by atoms with E-state index < -0.39 is 90.3 Å². The van der Waals surface area contributed by atoms with Crippen molar-refractivity contribution in [3.05, 3.63) is 67.9 Å². The van der Waals surface area contributed by atoms with Crippen LogP contribution in [0.4, 0.5) is 0 Å². The van der Waals surface area contributed by atoms with Crippen LogP contribution < -0.4 is 17.1 Å². The minimum Gasteiger partial charge on any atom is -0.437 e. The molecule has 3 unspecified atom stereocenters. The van der Waals surface area contributed by atoms with Crippen molar-refractivity contribution in [1.82, 2.24) is 13.7 Å². The van der Waals surface area contributed by atoms with E-state index in [1.165, 1.54) is 0 Å². The summed E-state index contributed by atoms with van der Waals surface area (Å²) < 4.78 is 15.6. The molecule has 0 aliphatic carbocycles.